The van der Waals surface area contributed by atoms with Crippen LogP contribution in [0.3, 0.4) is 0 Å². The largest absolute Gasteiger partial charge is 0.490 e. The van der Waals surface area contributed by atoms with Crippen LogP contribution < -0.4 is 14.9 Å². The highest BCUT2D eigenvalue weighted by Gasteiger charge is 2.07. The molecule has 0 unspecified atom stereocenters. The number of nitrogens with zero attached hydrogens (tertiary/aromatic N) is 2. The summed E-state index contributed by atoms with van der Waals surface area (Å²) in [6.07, 6.45) is 2.50. The predicted octanol–water partition coefficient (Wildman–Crippen LogP) is 3.99. The number of aromatic nitrogens is 2. The molecule has 7 nitrogen and oxygen atoms in total. The zero-order valence-electron chi connectivity index (χ0n) is 16.5. The fraction of sp³-hybridized carbons (Fsp3) is 0.286. The quantitative estimate of drug-likeness (QED) is 0.299. The van der Waals surface area contributed by atoms with Crippen LogP contribution in [0.25, 0.3) is 11.0 Å². The highest BCUT2D eigenvalue weighted by molar-refractivity contribution is 7.99. The number of benzene rings is 2. The van der Waals surface area contributed by atoms with Crippen molar-refractivity contribution in [3.8, 4) is 11.5 Å². The lowest BCUT2D eigenvalue weighted by atomic mass is 10.2. The van der Waals surface area contributed by atoms with Crippen molar-refractivity contribution in [2.45, 2.75) is 25.4 Å². The molecular weight excluding hydrogens is 388 g/mol. The molecule has 152 valence electrons. The second-order valence-corrected chi connectivity index (χ2v) is 7.09. The van der Waals surface area contributed by atoms with Crippen LogP contribution in [-0.4, -0.2) is 41.1 Å². The first-order chi connectivity index (χ1) is 14.2. The third-order valence-electron chi connectivity index (χ3n) is 3.84. The second kappa shape index (κ2) is 10.5. The van der Waals surface area contributed by atoms with E-state index in [1.165, 1.54) is 11.8 Å². The van der Waals surface area contributed by atoms with Crippen molar-refractivity contribution in [1.82, 2.24) is 15.4 Å². The van der Waals surface area contributed by atoms with E-state index in [1.54, 1.807) is 6.21 Å². The number of ether oxygens (including phenoxy) is 2. The van der Waals surface area contributed by atoms with Crippen molar-refractivity contribution >= 4 is 34.9 Å². The highest BCUT2D eigenvalue weighted by atomic mass is 32.2. The molecule has 0 bridgehead atoms. The normalized spacial score (nSPS) is 11.1. The van der Waals surface area contributed by atoms with Gasteiger partial charge in [0.05, 0.1) is 36.2 Å². The lowest BCUT2D eigenvalue weighted by Gasteiger charge is -2.11. The van der Waals surface area contributed by atoms with Gasteiger partial charge < -0.3 is 14.5 Å². The zero-order chi connectivity index (χ0) is 20.5. The van der Waals surface area contributed by atoms with E-state index >= 15 is 0 Å². The number of H-pyrrole nitrogens is 1. The zero-order valence-corrected chi connectivity index (χ0v) is 17.3. The number of nitrogens with one attached hydrogen (secondary N) is 2. The standard InChI is InChI=1S/C21H24N4O3S/c1-3-11-28-18-10-9-15(12-19(18)27-4-2)13-22-25-20(26)14-29-21-23-16-7-5-6-8-17(16)24-21/h5-10,12-13H,3-4,11,14H2,1-2H3,(H,23,24)(H,25,26)/b22-13+. The monoisotopic (exact) mass is 412 g/mol. The summed E-state index contributed by atoms with van der Waals surface area (Å²) in [4.78, 5) is 19.6. The molecule has 2 aromatic carbocycles. The second-order valence-electron chi connectivity index (χ2n) is 6.13. The fourth-order valence-corrected chi connectivity index (χ4v) is 3.22. The van der Waals surface area contributed by atoms with Crippen molar-refractivity contribution in [1.29, 1.82) is 0 Å². The first kappa shape index (κ1) is 20.7. The molecule has 1 amide bonds. The molecule has 0 saturated carbocycles. The molecule has 3 rings (SSSR count). The number of carbonyl (C=O) groups excluding carboxylic acids is 1. The summed E-state index contributed by atoms with van der Waals surface area (Å²) in [5.74, 6) is 1.37. The molecule has 29 heavy (non-hydrogen) atoms. The molecule has 0 aliphatic carbocycles. The molecule has 1 aromatic heterocycles. The van der Waals surface area contributed by atoms with Crippen molar-refractivity contribution < 1.29 is 14.3 Å². The number of rotatable bonds is 10. The van der Waals surface area contributed by atoms with Gasteiger partial charge in [0.2, 0.25) is 0 Å². The van der Waals surface area contributed by atoms with Gasteiger partial charge in [0, 0.05) is 0 Å². The van der Waals surface area contributed by atoms with Crippen molar-refractivity contribution in [3.63, 3.8) is 0 Å². The predicted molar refractivity (Wildman–Crippen MR) is 116 cm³/mol. The molecule has 0 saturated heterocycles. The number of hydrogen-bond acceptors (Lipinski definition) is 6. The molecule has 3 aromatic rings. The van der Waals surface area contributed by atoms with E-state index in [0.29, 0.717) is 29.9 Å². The summed E-state index contributed by atoms with van der Waals surface area (Å²) in [6.45, 7) is 5.14. The van der Waals surface area contributed by atoms with Gasteiger partial charge in [-0.15, -0.1) is 0 Å². The van der Waals surface area contributed by atoms with Gasteiger partial charge in [0.25, 0.3) is 5.91 Å². The Balaban J connectivity index is 1.52. The maximum Gasteiger partial charge on any atom is 0.250 e. The number of hydrazone groups is 1. The van der Waals surface area contributed by atoms with Crippen LogP contribution >= 0.6 is 11.8 Å². The van der Waals surface area contributed by atoms with Gasteiger partial charge >= 0.3 is 0 Å². The van der Waals surface area contributed by atoms with E-state index < -0.39 is 0 Å². The molecule has 8 heteroatoms. The minimum absolute atomic E-state index is 0.209. The van der Waals surface area contributed by atoms with E-state index in [2.05, 4.69) is 27.4 Å². The SMILES string of the molecule is CCCOc1ccc(/C=N/NC(=O)CSc2nc3ccccc3[nH]2)cc1OCC. The van der Waals surface area contributed by atoms with Crippen LogP contribution in [0.4, 0.5) is 0 Å². The third-order valence-corrected chi connectivity index (χ3v) is 4.71. The van der Waals surface area contributed by atoms with E-state index in [0.717, 1.165) is 23.0 Å². The van der Waals surface area contributed by atoms with E-state index in [4.69, 9.17) is 9.47 Å². The molecule has 0 aliphatic rings. The Bertz CT molecular complexity index is 954. The summed E-state index contributed by atoms with van der Waals surface area (Å²) in [5.41, 5.74) is 5.17. The van der Waals surface area contributed by atoms with E-state index in [-0.39, 0.29) is 11.7 Å². The van der Waals surface area contributed by atoms with E-state index in [9.17, 15) is 4.79 Å². The highest BCUT2D eigenvalue weighted by Crippen LogP contribution is 2.28. The number of amides is 1. The van der Waals surface area contributed by atoms with Gasteiger partial charge in [-0.05, 0) is 49.2 Å². The molecule has 0 radical (unpaired) electrons. The minimum atomic E-state index is -0.209. The molecular formula is C21H24N4O3S. The summed E-state index contributed by atoms with van der Waals surface area (Å²) in [6, 6.07) is 13.3. The Labute approximate surface area is 173 Å². The lowest BCUT2D eigenvalue weighted by molar-refractivity contribution is -0.118. The summed E-state index contributed by atoms with van der Waals surface area (Å²) < 4.78 is 11.3. The summed E-state index contributed by atoms with van der Waals surface area (Å²) in [5, 5.41) is 4.73. The number of fused-ring (bicyclic) bond motifs is 1. The maximum atomic E-state index is 12.0. The molecule has 1 heterocycles. The number of imidazole rings is 1. The number of hydrogen-bond donors (Lipinski definition) is 2. The van der Waals surface area contributed by atoms with Gasteiger partial charge in [-0.1, -0.05) is 30.8 Å². The lowest BCUT2D eigenvalue weighted by Crippen LogP contribution is -2.19. The van der Waals surface area contributed by atoms with Crippen LogP contribution in [-0.2, 0) is 4.79 Å². The van der Waals surface area contributed by atoms with Crippen LogP contribution in [0.15, 0.2) is 52.7 Å². The van der Waals surface area contributed by atoms with Crippen LogP contribution in [0.1, 0.15) is 25.8 Å². The van der Waals surface area contributed by atoms with Crippen LogP contribution in [0, 0.1) is 0 Å². The topological polar surface area (TPSA) is 88.6 Å². The van der Waals surface area contributed by atoms with Gasteiger partial charge in [-0.25, -0.2) is 10.4 Å². The number of thioether (sulfide) groups is 1. The molecule has 2 N–H and O–H groups in total. The Kier molecular flexibility index (Phi) is 7.52. The minimum Gasteiger partial charge on any atom is -0.490 e. The smallest absolute Gasteiger partial charge is 0.250 e. The summed E-state index contributed by atoms with van der Waals surface area (Å²) in [7, 11) is 0. The molecule has 0 aliphatic heterocycles. The Morgan fingerprint density at radius 1 is 1.21 bits per heavy atom. The number of para-hydroxylation sites is 2. The van der Waals surface area contributed by atoms with E-state index in [1.807, 2.05) is 49.4 Å². The average molecular weight is 413 g/mol. The van der Waals surface area contributed by atoms with Crippen molar-refractivity contribution in [3.05, 3.63) is 48.0 Å². The van der Waals surface area contributed by atoms with Crippen LogP contribution in [0.5, 0.6) is 11.5 Å². The molecule has 0 spiro atoms. The van der Waals surface area contributed by atoms with Gasteiger partial charge in [0.15, 0.2) is 16.7 Å². The number of aromatic amines is 1. The first-order valence-corrected chi connectivity index (χ1v) is 10.5. The summed E-state index contributed by atoms with van der Waals surface area (Å²) >= 11 is 1.33. The van der Waals surface area contributed by atoms with Crippen molar-refractivity contribution in [2.24, 2.45) is 5.10 Å². The molecule has 0 atom stereocenters. The molecule has 0 fully saturated rings. The van der Waals surface area contributed by atoms with Gasteiger partial charge in [-0.3, -0.25) is 4.79 Å². The fourth-order valence-electron chi connectivity index (χ4n) is 2.55. The number of carbonyl (C=O) groups is 1. The Hall–Kier alpha value is -3.00. The van der Waals surface area contributed by atoms with Gasteiger partial charge in [-0.2, -0.15) is 5.10 Å². The van der Waals surface area contributed by atoms with Crippen LogP contribution in [0.2, 0.25) is 0 Å². The maximum absolute atomic E-state index is 12.0. The Morgan fingerprint density at radius 3 is 2.86 bits per heavy atom. The average Bonchev–Trinajstić information content (AvgIpc) is 3.15. The first-order valence-electron chi connectivity index (χ1n) is 9.48. The van der Waals surface area contributed by atoms with Crippen molar-refractivity contribution in [2.75, 3.05) is 19.0 Å². The third kappa shape index (κ3) is 5.99. The van der Waals surface area contributed by atoms with Gasteiger partial charge in [0.1, 0.15) is 0 Å². The Morgan fingerprint density at radius 2 is 2.07 bits per heavy atom.